The Labute approximate surface area is 110 Å². The summed E-state index contributed by atoms with van der Waals surface area (Å²) in [5, 5.41) is 0.827. The summed E-state index contributed by atoms with van der Waals surface area (Å²) in [5.41, 5.74) is 1.02. The third-order valence-corrected chi connectivity index (χ3v) is 3.74. The van der Waals surface area contributed by atoms with Crippen LogP contribution in [0.2, 0.25) is 0 Å². The van der Waals surface area contributed by atoms with Crippen molar-refractivity contribution in [1.82, 2.24) is 4.90 Å². The first-order valence-electron chi connectivity index (χ1n) is 5.84. The number of hydrogen-bond acceptors (Lipinski definition) is 2. The van der Waals surface area contributed by atoms with Crippen LogP contribution in [0.15, 0.2) is 30.3 Å². The minimum Gasteiger partial charge on any atom is -0.445 e. The Kier molecular flexibility index (Phi) is 4.42. The first-order chi connectivity index (χ1) is 8.31. The van der Waals surface area contributed by atoms with Crippen molar-refractivity contribution >= 4 is 22.0 Å². The van der Waals surface area contributed by atoms with Crippen LogP contribution < -0.4 is 0 Å². The number of ether oxygens (including phenoxy) is 1. The third kappa shape index (κ3) is 3.22. The highest BCUT2D eigenvalue weighted by Crippen LogP contribution is 2.20. The Hall–Kier alpha value is -1.03. The Morgan fingerprint density at radius 3 is 2.88 bits per heavy atom. The number of hydrogen-bond donors (Lipinski definition) is 0. The molecule has 1 fully saturated rings. The van der Waals surface area contributed by atoms with E-state index < -0.39 is 0 Å². The molecule has 1 aromatic carbocycles. The Morgan fingerprint density at radius 2 is 2.18 bits per heavy atom. The zero-order valence-electron chi connectivity index (χ0n) is 9.64. The fraction of sp³-hybridized carbons (Fsp3) is 0.462. The van der Waals surface area contributed by atoms with Gasteiger partial charge in [-0.25, -0.2) is 4.79 Å². The monoisotopic (exact) mass is 297 g/mol. The normalized spacial score (nSPS) is 19.4. The van der Waals surface area contributed by atoms with Gasteiger partial charge < -0.3 is 9.64 Å². The molecular formula is C13H16BrNO2. The number of carbonyl (C=O) groups is 1. The van der Waals surface area contributed by atoms with Crippen LogP contribution >= 0.6 is 15.9 Å². The average molecular weight is 298 g/mol. The van der Waals surface area contributed by atoms with Gasteiger partial charge in [0.25, 0.3) is 0 Å². The van der Waals surface area contributed by atoms with Crippen LogP contribution in [0.3, 0.4) is 0 Å². The quantitative estimate of drug-likeness (QED) is 0.802. The van der Waals surface area contributed by atoms with E-state index in [9.17, 15) is 4.79 Å². The number of likely N-dealkylation sites (tertiary alicyclic amines) is 1. The summed E-state index contributed by atoms with van der Waals surface area (Å²) in [5.74, 6) is 0. The maximum Gasteiger partial charge on any atom is 0.410 e. The van der Waals surface area contributed by atoms with Gasteiger partial charge in [-0.2, -0.15) is 0 Å². The van der Waals surface area contributed by atoms with Crippen molar-refractivity contribution in [2.24, 2.45) is 0 Å². The molecule has 1 saturated heterocycles. The molecule has 17 heavy (non-hydrogen) atoms. The lowest BCUT2D eigenvalue weighted by Crippen LogP contribution is -2.36. The summed E-state index contributed by atoms with van der Waals surface area (Å²) in [6, 6.07) is 10.0. The topological polar surface area (TPSA) is 29.5 Å². The molecule has 1 heterocycles. The van der Waals surface area contributed by atoms with Gasteiger partial charge in [0.05, 0.1) is 0 Å². The number of amides is 1. The van der Waals surface area contributed by atoms with E-state index >= 15 is 0 Å². The molecular weight excluding hydrogens is 282 g/mol. The van der Waals surface area contributed by atoms with Gasteiger partial charge in [0.15, 0.2) is 0 Å². The molecule has 0 aromatic heterocycles. The number of nitrogens with zero attached hydrogens (tertiary/aromatic N) is 1. The van der Waals surface area contributed by atoms with E-state index in [0.29, 0.717) is 12.6 Å². The number of alkyl halides is 1. The van der Waals surface area contributed by atoms with Crippen LogP contribution in [0.1, 0.15) is 18.4 Å². The second-order valence-electron chi connectivity index (χ2n) is 4.18. The molecule has 3 nitrogen and oxygen atoms in total. The summed E-state index contributed by atoms with van der Waals surface area (Å²) in [4.78, 5) is 13.7. The molecule has 0 aliphatic carbocycles. The fourth-order valence-corrected chi connectivity index (χ4v) is 2.71. The molecule has 2 rings (SSSR count). The molecule has 0 bridgehead atoms. The molecule has 0 N–H and O–H groups in total. The van der Waals surface area contributed by atoms with E-state index in [0.717, 1.165) is 30.3 Å². The highest BCUT2D eigenvalue weighted by Gasteiger charge is 2.28. The highest BCUT2D eigenvalue weighted by molar-refractivity contribution is 9.09. The SMILES string of the molecule is O=C(OCc1ccccc1)N1CCC[C@@H]1CBr. The number of carbonyl (C=O) groups excluding carboxylic acids is 1. The first kappa shape index (κ1) is 12.4. The Morgan fingerprint density at radius 1 is 1.41 bits per heavy atom. The molecule has 1 aliphatic heterocycles. The zero-order valence-corrected chi connectivity index (χ0v) is 11.2. The summed E-state index contributed by atoms with van der Waals surface area (Å²) in [7, 11) is 0. The molecule has 1 aromatic rings. The zero-order chi connectivity index (χ0) is 12.1. The number of halogens is 1. The van der Waals surface area contributed by atoms with Gasteiger partial charge in [0.2, 0.25) is 0 Å². The van der Waals surface area contributed by atoms with Crippen molar-refractivity contribution in [1.29, 1.82) is 0 Å². The van der Waals surface area contributed by atoms with Crippen molar-refractivity contribution in [3.63, 3.8) is 0 Å². The lowest BCUT2D eigenvalue weighted by Gasteiger charge is -2.22. The predicted octanol–water partition coefficient (Wildman–Crippen LogP) is 3.18. The molecule has 4 heteroatoms. The van der Waals surface area contributed by atoms with E-state index in [1.165, 1.54) is 0 Å². The van der Waals surface area contributed by atoms with Crippen molar-refractivity contribution in [3.05, 3.63) is 35.9 Å². The second kappa shape index (κ2) is 6.05. The number of rotatable bonds is 3. The minimum absolute atomic E-state index is 0.198. The first-order valence-corrected chi connectivity index (χ1v) is 6.96. The molecule has 0 radical (unpaired) electrons. The van der Waals surface area contributed by atoms with E-state index in [-0.39, 0.29) is 6.09 Å². The van der Waals surface area contributed by atoms with Crippen molar-refractivity contribution in [2.45, 2.75) is 25.5 Å². The van der Waals surface area contributed by atoms with Crippen LogP contribution in [-0.4, -0.2) is 28.9 Å². The number of benzene rings is 1. The summed E-state index contributed by atoms with van der Waals surface area (Å²) in [6.45, 7) is 1.16. The average Bonchev–Trinajstić information content (AvgIpc) is 2.85. The van der Waals surface area contributed by atoms with Crippen LogP contribution in [0.25, 0.3) is 0 Å². The van der Waals surface area contributed by atoms with Gasteiger partial charge in [-0.1, -0.05) is 46.3 Å². The molecule has 0 spiro atoms. The van der Waals surface area contributed by atoms with E-state index in [2.05, 4.69) is 15.9 Å². The third-order valence-electron chi connectivity index (χ3n) is 2.99. The predicted molar refractivity (Wildman–Crippen MR) is 70.1 cm³/mol. The molecule has 1 atom stereocenters. The largest absolute Gasteiger partial charge is 0.445 e. The van der Waals surface area contributed by atoms with E-state index in [1.54, 1.807) is 0 Å². The van der Waals surface area contributed by atoms with Crippen LogP contribution in [0.4, 0.5) is 4.79 Å². The highest BCUT2D eigenvalue weighted by atomic mass is 79.9. The van der Waals surface area contributed by atoms with Gasteiger partial charge in [-0.3, -0.25) is 0 Å². The van der Waals surface area contributed by atoms with Gasteiger partial charge in [-0.15, -0.1) is 0 Å². The van der Waals surface area contributed by atoms with Crippen molar-refractivity contribution in [3.8, 4) is 0 Å². The summed E-state index contributed by atoms with van der Waals surface area (Å²) >= 11 is 3.43. The van der Waals surface area contributed by atoms with Gasteiger partial charge >= 0.3 is 6.09 Å². The fourth-order valence-electron chi connectivity index (χ4n) is 2.04. The molecule has 0 saturated carbocycles. The van der Waals surface area contributed by atoms with Crippen LogP contribution in [-0.2, 0) is 11.3 Å². The summed E-state index contributed by atoms with van der Waals surface area (Å²) < 4.78 is 5.31. The van der Waals surface area contributed by atoms with Crippen molar-refractivity contribution in [2.75, 3.05) is 11.9 Å². The second-order valence-corrected chi connectivity index (χ2v) is 4.83. The lowest BCUT2D eigenvalue weighted by molar-refractivity contribution is 0.0951. The van der Waals surface area contributed by atoms with E-state index in [1.807, 2.05) is 35.2 Å². The van der Waals surface area contributed by atoms with Gasteiger partial charge in [0, 0.05) is 17.9 Å². The van der Waals surface area contributed by atoms with Crippen molar-refractivity contribution < 1.29 is 9.53 Å². The van der Waals surface area contributed by atoms with Gasteiger partial charge in [0.1, 0.15) is 6.61 Å². The van der Waals surface area contributed by atoms with Crippen LogP contribution in [0.5, 0.6) is 0 Å². The maximum atomic E-state index is 11.9. The Balaban J connectivity index is 1.85. The minimum atomic E-state index is -0.198. The molecule has 1 amide bonds. The van der Waals surface area contributed by atoms with Crippen LogP contribution in [0, 0.1) is 0 Å². The Bertz CT molecular complexity index is 369. The lowest BCUT2D eigenvalue weighted by atomic mass is 10.2. The molecule has 1 aliphatic rings. The maximum absolute atomic E-state index is 11.9. The van der Waals surface area contributed by atoms with Gasteiger partial charge in [-0.05, 0) is 18.4 Å². The summed E-state index contributed by atoms with van der Waals surface area (Å²) in [6.07, 6.45) is 1.93. The van der Waals surface area contributed by atoms with E-state index in [4.69, 9.17) is 4.74 Å². The molecule has 0 unspecified atom stereocenters. The standard InChI is InChI=1S/C13H16BrNO2/c14-9-12-7-4-8-15(12)13(16)17-10-11-5-2-1-3-6-11/h1-3,5-6,12H,4,7-10H2/t12-/m1/s1. The smallest absolute Gasteiger partial charge is 0.410 e. The molecule has 92 valence electrons.